The van der Waals surface area contributed by atoms with E-state index in [9.17, 15) is 9.90 Å². The first-order valence-electron chi connectivity index (χ1n) is 6.00. The molecule has 19 heavy (non-hydrogen) atoms. The third-order valence-corrected chi connectivity index (χ3v) is 3.05. The van der Waals surface area contributed by atoms with Gasteiger partial charge >= 0.3 is 0 Å². The monoisotopic (exact) mass is 279 g/mol. The second-order valence-corrected chi connectivity index (χ2v) is 5.21. The Morgan fingerprint density at radius 2 is 1.95 bits per heavy atom. The SMILES string of the molecule is CC(=O)C(N=Pc1ccccc1OC(C)C)=C(C)O. The lowest BCUT2D eigenvalue weighted by atomic mass is 10.3. The number of ketones is 1. The van der Waals surface area contributed by atoms with Gasteiger partial charge in [-0.05, 0) is 32.9 Å². The summed E-state index contributed by atoms with van der Waals surface area (Å²) in [5, 5.41) is 10.3. The van der Waals surface area contributed by atoms with Gasteiger partial charge in [0.25, 0.3) is 0 Å². The van der Waals surface area contributed by atoms with Crippen molar-refractivity contribution in [1.29, 1.82) is 0 Å². The quantitative estimate of drug-likeness (QED) is 0.509. The van der Waals surface area contributed by atoms with Crippen molar-refractivity contribution in [2.75, 3.05) is 0 Å². The van der Waals surface area contributed by atoms with Gasteiger partial charge in [0.1, 0.15) is 17.2 Å². The van der Waals surface area contributed by atoms with Crippen LogP contribution in [-0.2, 0) is 4.79 Å². The first-order valence-corrected chi connectivity index (χ1v) is 6.84. The van der Waals surface area contributed by atoms with Crippen molar-refractivity contribution < 1.29 is 14.6 Å². The fraction of sp³-hybridized carbons (Fsp3) is 0.357. The molecule has 1 N–H and O–H groups in total. The Kier molecular flexibility index (Phi) is 5.71. The molecule has 1 aromatic rings. The molecule has 0 saturated heterocycles. The molecule has 0 amide bonds. The highest BCUT2D eigenvalue weighted by molar-refractivity contribution is 7.37. The maximum absolute atomic E-state index is 11.3. The highest BCUT2D eigenvalue weighted by Crippen LogP contribution is 2.19. The van der Waals surface area contributed by atoms with Crippen molar-refractivity contribution in [3.63, 3.8) is 0 Å². The van der Waals surface area contributed by atoms with Crippen molar-refractivity contribution in [1.82, 2.24) is 0 Å². The first kappa shape index (κ1) is 15.4. The Morgan fingerprint density at radius 3 is 2.47 bits per heavy atom. The number of hydrogen-bond donors (Lipinski definition) is 1. The van der Waals surface area contributed by atoms with E-state index < -0.39 is 0 Å². The number of carbonyl (C=O) groups is 1. The summed E-state index contributed by atoms with van der Waals surface area (Å²) in [6.07, 6.45) is 0.0683. The van der Waals surface area contributed by atoms with Crippen LogP contribution in [0.5, 0.6) is 5.75 Å². The maximum Gasteiger partial charge on any atom is 0.181 e. The highest BCUT2D eigenvalue weighted by Gasteiger charge is 2.08. The number of para-hydroxylation sites is 1. The lowest BCUT2D eigenvalue weighted by molar-refractivity contribution is -0.113. The molecule has 4 nitrogen and oxygen atoms in total. The topological polar surface area (TPSA) is 58.9 Å². The molecule has 1 aromatic carbocycles. The largest absolute Gasteiger partial charge is 0.510 e. The molecule has 102 valence electrons. The van der Waals surface area contributed by atoms with E-state index in [1.807, 2.05) is 38.1 Å². The van der Waals surface area contributed by atoms with E-state index >= 15 is 0 Å². The number of ether oxygens (including phenoxy) is 1. The highest BCUT2D eigenvalue weighted by atomic mass is 31.1. The van der Waals surface area contributed by atoms with E-state index in [2.05, 4.69) is 4.74 Å². The van der Waals surface area contributed by atoms with Crippen LogP contribution in [0.4, 0.5) is 0 Å². The fourth-order valence-corrected chi connectivity index (χ4v) is 2.27. The van der Waals surface area contributed by atoms with Gasteiger partial charge in [-0.15, -0.1) is 0 Å². The van der Waals surface area contributed by atoms with Gasteiger partial charge in [0, 0.05) is 6.92 Å². The molecule has 0 unspecified atom stereocenters. The molecule has 0 saturated carbocycles. The minimum absolute atomic E-state index is 0.0674. The molecule has 0 aliphatic rings. The Hall–Kier alpha value is -1.67. The molecule has 0 aliphatic carbocycles. The standard InChI is InChI=1S/C14H18NO3P/c1-9(2)18-12-7-5-6-8-13(12)19-15-14(10(3)16)11(4)17/h5-9,16H,1-4H3. The van der Waals surface area contributed by atoms with Gasteiger partial charge < -0.3 is 9.84 Å². The zero-order valence-corrected chi connectivity index (χ0v) is 12.4. The second kappa shape index (κ2) is 7.05. The molecule has 0 aromatic heterocycles. The van der Waals surface area contributed by atoms with Crippen LogP contribution in [-0.4, -0.2) is 17.0 Å². The summed E-state index contributed by atoms with van der Waals surface area (Å²) in [7, 11) is 0.573. The third-order valence-electron chi connectivity index (χ3n) is 2.16. The number of carbonyl (C=O) groups excluding carboxylic acids is 1. The Labute approximate surface area is 115 Å². The molecule has 0 atom stereocenters. The van der Waals surface area contributed by atoms with Gasteiger partial charge in [-0.3, -0.25) is 4.79 Å². The Bertz CT molecular complexity index is 517. The molecule has 0 fully saturated rings. The molecular weight excluding hydrogens is 261 g/mol. The van der Waals surface area contributed by atoms with E-state index in [-0.39, 0.29) is 23.3 Å². The summed E-state index contributed by atoms with van der Waals surface area (Å²) in [5.41, 5.74) is 0.0982. The average Bonchev–Trinajstić information content (AvgIpc) is 2.29. The number of Topliss-reactive ketones (excluding diaryl/α,β-unsaturated/α-hetero) is 1. The lowest BCUT2D eigenvalue weighted by Gasteiger charge is -2.11. The summed E-state index contributed by atoms with van der Waals surface area (Å²) >= 11 is 0. The van der Waals surface area contributed by atoms with Gasteiger partial charge in [0.15, 0.2) is 5.78 Å². The van der Waals surface area contributed by atoms with E-state index in [1.54, 1.807) is 0 Å². The van der Waals surface area contributed by atoms with Crippen molar-refractivity contribution >= 4 is 19.5 Å². The Balaban J connectivity index is 3.05. The number of allylic oxidation sites excluding steroid dienone is 2. The second-order valence-electron chi connectivity index (χ2n) is 4.32. The smallest absolute Gasteiger partial charge is 0.181 e. The summed E-state index contributed by atoms with van der Waals surface area (Å²) in [6, 6.07) is 7.51. The first-order chi connectivity index (χ1) is 8.91. The molecule has 0 aliphatic heterocycles. The van der Waals surface area contributed by atoms with Crippen LogP contribution in [0, 0.1) is 0 Å². The van der Waals surface area contributed by atoms with Gasteiger partial charge in [0.05, 0.1) is 19.8 Å². The zero-order valence-electron chi connectivity index (χ0n) is 11.5. The van der Waals surface area contributed by atoms with Gasteiger partial charge in [-0.25, -0.2) is 4.74 Å². The van der Waals surface area contributed by atoms with Crippen molar-refractivity contribution in [3.8, 4) is 5.75 Å². The maximum atomic E-state index is 11.3. The number of aliphatic hydroxyl groups is 1. The molecular formula is C14H18NO3P. The van der Waals surface area contributed by atoms with Gasteiger partial charge in [-0.1, -0.05) is 12.1 Å². The van der Waals surface area contributed by atoms with Crippen LogP contribution < -0.4 is 10.0 Å². The summed E-state index contributed by atoms with van der Waals surface area (Å²) < 4.78 is 9.80. The number of aliphatic hydroxyl groups excluding tert-OH is 1. The summed E-state index contributed by atoms with van der Waals surface area (Å²) in [4.78, 5) is 11.3. The number of benzene rings is 1. The van der Waals surface area contributed by atoms with Crippen LogP contribution in [0.1, 0.15) is 27.7 Å². The van der Waals surface area contributed by atoms with Crippen molar-refractivity contribution in [3.05, 3.63) is 35.7 Å². The van der Waals surface area contributed by atoms with Gasteiger partial charge in [-0.2, -0.15) is 0 Å². The minimum atomic E-state index is -0.255. The van der Waals surface area contributed by atoms with E-state index in [4.69, 9.17) is 4.74 Å². The predicted molar refractivity (Wildman–Crippen MR) is 77.2 cm³/mol. The summed E-state index contributed by atoms with van der Waals surface area (Å²) in [6.45, 7) is 6.73. The number of nitrogens with zero attached hydrogens (tertiary/aromatic N) is 1. The van der Waals surface area contributed by atoms with Crippen LogP contribution in [0.15, 0.2) is 40.5 Å². The molecule has 5 heteroatoms. The molecule has 0 heterocycles. The van der Waals surface area contributed by atoms with E-state index in [0.29, 0.717) is 8.37 Å². The number of rotatable bonds is 5. The van der Waals surface area contributed by atoms with Crippen LogP contribution in [0.3, 0.4) is 0 Å². The lowest BCUT2D eigenvalue weighted by Crippen LogP contribution is -2.10. The molecule has 0 spiro atoms. The molecule has 0 bridgehead atoms. The molecule has 1 rings (SSSR count). The third kappa shape index (κ3) is 4.84. The van der Waals surface area contributed by atoms with E-state index in [1.165, 1.54) is 13.8 Å². The Morgan fingerprint density at radius 1 is 1.32 bits per heavy atom. The predicted octanol–water partition coefficient (Wildman–Crippen LogP) is 3.61. The van der Waals surface area contributed by atoms with Crippen LogP contribution in [0.2, 0.25) is 0 Å². The normalized spacial score (nSPS) is 12.7. The van der Waals surface area contributed by atoms with Crippen molar-refractivity contribution in [2.24, 2.45) is 4.74 Å². The summed E-state index contributed by atoms with van der Waals surface area (Å²) in [5.74, 6) is 0.415. The van der Waals surface area contributed by atoms with Crippen LogP contribution in [0.25, 0.3) is 0 Å². The van der Waals surface area contributed by atoms with Crippen LogP contribution >= 0.6 is 8.37 Å². The fourth-order valence-electron chi connectivity index (χ4n) is 1.39. The van der Waals surface area contributed by atoms with E-state index in [0.717, 1.165) is 11.1 Å². The average molecular weight is 279 g/mol. The van der Waals surface area contributed by atoms with Crippen molar-refractivity contribution in [2.45, 2.75) is 33.8 Å². The molecule has 0 radical (unpaired) electrons. The zero-order chi connectivity index (χ0) is 14.4. The minimum Gasteiger partial charge on any atom is -0.510 e. The van der Waals surface area contributed by atoms with Gasteiger partial charge in [0.2, 0.25) is 0 Å². The number of hydrogen-bond acceptors (Lipinski definition) is 4.